The third-order valence-corrected chi connectivity index (χ3v) is 4.74. The molecule has 1 unspecified atom stereocenters. The molecule has 8 nitrogen and oxygen atoms in total. The molecule has 1 aliphatic heterocycles. The Labute approximate surface area is 169 Å². The molecule has 2 aromatic rings. The molecule has 0 aliphatic carbocycles. The SMILES string of the molecule is COc1cc(C(=O)NN2C(=O)c3ccccc3NC2C(C)C)cc(OC)c1OC. The fourth-order valence-electron chi connectivity index (χ4n) is 3.25. The summed E-state index contributed by atoms with van der Waals surface area (Å²) in [7, 11) is 4.44. The summed E-state index contributed by atoms with van der Waals surface area (Å²) in [5.41, 5.74) is 4.24. The highest BCUT2D eigenvalue weighted by molar-refractivity contribution is 6.04. The Morgan fingerprint density at radius 3 is 2.24 bits per heavy atom. The Morgan fingerprint density at radius 1 is 1.07 bits per heavy atom. The summed E-state index contributed by atoms with van der Waals surface area (Å²) in [6.07, 6.45) is -0.400. The quantitative estimate of drug-likeness (QED) is 0.776. The second-order valence-corrected chi connectivity index (χ2v) is 6.91. The number of fused-ring (bicyclic) bond motifs is 1. The van der Waals surface area contributed by atoms with Gasteiger partial charge in [-0.1, -0.05) is 26.0 Å². The average molecular weight is 399 g/mol. The van der Waals surface area contributed by atoms with E-state index in [1.807, 2.05) is 26.0 Å². The molecule has 1 aliphatic rings. The second kappa shape index (κ2) is 8.30. The highest BCUT2D eigenvalue weighted by Crippen LogP contribution is 2.38. The highest BCUT2D eigenvalue weighted by Gasteiger charge is 2.35. The van der Waals surface area contributed by atoms with Crippen molar-refractivity contribution in [2.75, 3.05) is 26.6 Å². The Bertz CT molecular complexity index is 903. The van der Waals surface area contributed by atoms with Gasteiger partial charge in [-0.15, -0.1) is 0 Å². The highest BCUT2D eigenvalue weighted by atomic mass is 16.5. The van der Waals surface area contributed by atoms with E-state index in [-0.39, 0.29) is 17.4 Å². The first-order chi connectivity index (χ1) is 13.9. The number of anilines is 1. The predicted octanol–water partition coefficient (Wildman–Crippen LogP) is 2.91. The van der Waals surface area contributed by atoms with E-state index in [1.54, 1.807) is 12.1 Å². The third kappa shape index (κ3) is 3.78. The molecular weight excluding hydrogens is 374 g/mol. The van der Waals surface area contributed by atoms with Crippen molar-refractivity contribution in [3.8, 4) is 17.2 Å². The normalized spacial score (nSPS) is 15.4. The fourth-order valence-corrected chi connectivity index (χ4v) is 3.25. The van der Waals surface area contributed by atoms with Crippen LogP contribution in [0.25, 0.3) is 0 Å². The number of nitrogens with one attached hydrogen (secondary N) is 2. The lowest BCUT2D eigenvalue weighted by Gasteiger charge is -2.39. The van der Waals surface area contributed by atoms with Crippen LogP contribution in [0.1, 0.15) is 34.6 Å². The number of amides is 2. The molecule has 1 heterocycles. The lowest BCUT2D eigenvalue weighted by molar-refractivity contribution is 0.0438. The number of methoxy groups -OCH3 is 3. The molecule has 154 valence electrons. The molecular formula is C21H25N3O5. The zero-order valence-corrected chi connectivity index (χ0v) is 17.1. The lowest BCUT2D eigenvalue weighted by Crippen LogP contribution is -2.59. The van der Waals surface area contributed by atoms with Gasteiger partial charge in [-0.2, -0.15) is 0 Å². The first kappa shape index (κ1) is 20.3. The van der Waals surface area contributed by atoms with Crippen molar-refractivity contribution >= 4 is 17.5 Å². The molecule has 0 saturated carbocycles. The summed E-state index contributed by atoms with van der Waals surface area (Å²) in [5.74, 6) is 0.392. The number of ether oxygens (including phenoxy) is 3. The van der Waals surface area contributed by atoms with Gasteiger partial charge in [0.25, 0.3) is 11.8 Å². The molecule has 0 radical (unpaired) electrons. The smallest absolute Gasteiger partial charge is 0.276 e. The summed E-state index contributed by atoms with van der Waals surface area (Å²) >= 11 is 0. The van der Waals surface area contributed by atoms with Crippen LogP contribution >= 0.6 is 0 Å². The van der Waals surface area contributed by atoms with Gasteiger partial charge >= 0.3 is 0 Å². The van der Waals surface area contributed by atoms with Crippen molar-refractivity contribution in [3.05, 3.63) is 47.5 Å². The predicted molar refractivity (Wildman–Crippen MR) is 108 cm³/mol. The number of benzene rings is 2. The summed E-state index contributed by atoms with van der Waals surface area (Å²) in [6, 6.07) is 10.3. The van der Waals surface area contributed by atoms with Crippen LogP contribution in [0.15, 0.2) is 36.4 Å². The van der Waals surface area contributed by atoms with Crippen molar-refractivity contribution in [2.24, 2.45) is 5.92 Å². The first-order valence-corrected chi connectivity index (χ1v) is 9.21. The molecule has 2 N–H and O–H groups in total. The van der Waals surface area contributed by atoms with Gasteiger partial charge < -0.3 is 19.5 Å². The molecule has 2 amide bonds. The van der Waals surface area contributed by atoms with Crippen molar-refractivity contribution in [3.63, 3.8) is 0 Å². The summed E-state index contributed by atoms with van der Waals surface area (Å²) in [4.78, 5) is 26.0. The summed E-state index contributed by atoms with van der Waals surface area (Å²) < 4.78 is 15.9. The molecule has 0 aromatic heterocycles. The van der Waals surface area contributed by atoms with Gasteiger partial charge in [-0.3, -0.25) is 15.0 Å². The largest absolute Gasteiger partial charge is 0.493 e. The van der Waals surface area contributed by atoms with E-state index in [4.69, 9.17) is 14.2 Å². The van der Waals surface area contributed by atoms with Crippen LogP contribution in [0.4, 0.5) is 5.69 Å². The summed E-state index contributed by atoms with van der Waals surface area (Å²) in [6.45, 7) is 3.94. The van der Waals surface area contributed by atoms with Crippen molar-refractivity contribution in [1.29, 1.82) is 0 Å². The Morgan fingerprint density at radius 2 is 1.69 bits per heavy atom. The molecule has 0 fully saturated rings. The van der Waals surface area contributed by atoms with Crippen molar-refractivity contribution in [1.82, 2.24) is 10.4 Å². The zero-order chi connectivity index (χ0) is 21.1. The van der Waals surface area contributed by atoms with E-state index in [1.165, 1.54) is 38.5 Å². The number of para-hydroxylation sites is 1. The van der Waals surface area contributed by atoms with E-state index in [0.717, 1.165) is 5.69 Å². The number of rotatable bonds is 6. The van der Waals surface area contributed by atoms with Gasteiger partial charge in [0, 0.05) is 11.3 Å². The second-order valence-electron chi connectivity index (χ2n) is 6.91. The first-order valence-electron chi connectivity index (χ1n) is 9.21. The minimum absolute atomic E-state index is 0.0487. The van der Waals surface area contributed by atoms with Crippen molar-refractivity contribution in [2.45, 2.75) is 20.0 Å². The summed E-state index contributed by atoms with van der Waals surface area (Å²) in [5, 5.41) is 4.65. The van der Waals surface area contributed by atoms with Gasteiger partial charge in [0.1, 0.15) is 6.17 Å². The third-order valence-electron chi connectivity index (χ3n) is 4.74. The molecule has 2 aromatic carbocycles. The van der Waals surface area contributed by atoms with Crippen LogP contribution in [0, 0.1) is 5.92 Å². The molecule has 29 heavy (non-hydrogen) atoms. The average Bonchev–Trinajstić information content (AvgIpc) is 2.74. The Hall–Kier alpha value is -3.42. The number of carbonyl (C=O) groups is 2. The Kier molecular flexibility index (Phi) is 5.81. The van der Waals surface area contributed by atoms with Crippen LogP contribution in [-0.2, 0) is 0 Å². The number of carbonyl (C=O) groups excluding carboxylic acids is 2. The van der Waals surface area contributed by atoms with Gasteiger partial charge in [0.05, 0.1) is 26.9 Å². The number of hydrazine groups is 1. The van der Waals surface area contributed by atoms with Gasteiger partial charge in [0.2, 0.25) is 5.75 Å². The molecule has 0 spiro atoms. The van der Waals surface area contributed by atoms with E-state index in [0.29, 0.717) is 22.8 Å². The number of hydrogen-bond acceptors (Lipinski definition) is 6. The lowest BCUT2D eigenvalue weighted by atomic mass is 10.0. The maximum absolute atomic E-state index is 13.0. The Balaban J connectivity index is 1.94. The number of nitrogens with zero attached hydrogens (tertiary/aromatic N) is 1. The van der Waals surface area contributed by atoms with Crippen LogP contribution in [-0.4, -0.2) is 44.3 Å². The van der Waals surface area contributed by atoms with Crippen LogP contribution < -0.4 is 25.0 Å². The van der Waals surface area contributed by atoms with Gasteiger partial charge in [0.15, 0.2) is 11.5 Å². The van der Waals surface area contributed by atoms with Crippen LogP contribution in [0.2, 0.25) is 0 Å². The molecule has 3 rings (SSSR count). The van der Waals surface area contributed by atoms with Gasteiger partial charge in [-0.25, -0.2) is 5.01 Å². The maximum atomic E-state index is 13.0. The standard InChI is InChI=1S/C21H25N3O5/c1-12(2)19-22-15-9-7-6-8-14(15)21(26)24(19)23-20(25)13-10-16(27-3)18(29-5)17(11-13)28-4/h6-12,19,22H,1-5H3,(H,23,25). The van der Waals surface area contributed by atoms with Crippen LogP contribution in [0.3, 0.4) is 0 Å². The minimum atomic E-state index is -0.468. The van der Waals surface area contributed by atoms with Crippen LogP contribution in [0.5, 0.6) is 17.2 Å². The number of hydrogen-bond donors (Lipinski definition) is 2. The van der Waals surface area contributed by atoms with E-state index < -0.39 is 12.1 Å². The monoisotopic (exact) mass is 399 g/mol. The fraction of sp³-hybridized carbons (Fsp3) is 0.333. The van der Waals surface area contributed by atoms with E-state index >= 15 is 0 Å². The molecule has 1 atom stereocenters. The van der Waals surface area contributed by atoms with Crippen molar-refractivity contribution < 1.29 is 23.8 Å². The van der Waals surface area contributed by atoms with Gasteiger partial charge in [-0.05, 0) is 30.2 Å². The van der Waals surface area contributed by atoms with E-state index in [9.17, 15) is 9.59 Å². The minimum Gasteiger partial charge on any atom is -0.493 e. The van der Waals surface area contributed by atoms with E-state index in [2.05, 4.69) is 10.7 Å². The topological polar surface area (TPSA) is 89.1 Å². The molecule has 0 bridgehead atoms. The molecule has 0 saturated heterocycles. The molecule has 8 heteroatoms. The maximum Gasteiger partial charge on any atom is 0.276 e. The zero-order valence-electron chi connectivity index (χ0n) is 17.1.